The minimum atomic E-state index is -0.942. The highest BCUT2D eigenvalue weighted by Crippen LogP contribution is 2.32. The predicted molar refractivity (Wildman–Crippen MR) is 176 cm³/mol. The van der Waals surface area contributed by atoms with Crippen LogP contribution in [0.1, 0.15) is 47.4 Å². The highest BCUT2D eigenvalue weighted by Gasteiger charge is 2.33. The highest BCUT2D eigenvalue weighted by atomic mass is 16.5. The predicted octanol–water partition coefficient (Wildman–Crippen LogP) is 6.06. The Bertz CT molecular complexity index is 1400. The number of benzene rings is 3. The topological polar surface area (TPSA) is 116 Å². The van der Waals surface area contributed by atoms with Crippen molar-refractivity contribution < 1.29 is 38.4 Å². The molecule has 0 saturated carbocycles. The van der Waals surface area contributed by atoms with Crippen molar-refractivity contribution >= 4 is 17.6 Å². The molecule has 248 valence electrons. The smallest absolute Gasteiger partial charge is 0.407 e. The molecule has 0 spiro atoms. The summed E-state index contributed by atoms with van der Waals surface area (Å²) >= 11 is 0. The first-order chi connectivity index (χ1) is 22.4. The number of hydrogen-bond donors (Lipinski definition) is 2. The number of Topliss-reactive ketones (excluding diaryl/α,β-unsaturated/α-hetero) is 1. The molecular formula is C36H46N2O8. The van der Waals surface area contributed by atoms with E-state index < -0.39 is 6.09 Å². The number of anilines is 1. The molecule has 2 unspecified atom stereocenters. The number of carbonyl (C=O) groups excluding carboxylic acids is 1. The van der Waals surface area contributed by atoms with Crippen molar-refractivity contribution in [2.45, 2.75) is 51.4 Å². The molecule has 10 nitrogen and oxygen atoms in total. The van der Waals surface area contributed by atoms with E-state index in [1.807, 2.05) is 73.7 Å². The van der Waals surface area contributed by atoms with Gasteiger partial charge in [-0.15, -0.1) is 0 Å². The van der Waals surface area contributed by atoms with Crippen LogP contribution in [-0.2, 0) is 32.2 Å². The number of carbonyl (C=O) groups is 2. The molecule has 3 aromatic carbocycles. The number of ketones is 1. The third kappa shape index (κ3) is 10.5. The number of amides is 1. The number of nitrogens with one attached hydrogen (secondary N) is 1. The largest absolute Gasteiger partial charge is 0.496 e. The second-order valence-corrected chi connectivity index (χ2v) is 11.4. The fourth-order valence-corrected chi connectivity index (χ4v) is 5.46. The molecule has 2 atom stereocenters. The van der Waals surface area contributed by atoms with Gasteiger partial charge in [-0.3, -0.25) is 4.79 Å². The molecule has 0 aliphatic carbocycles. The maximum absolute atomic E-state index is 12.1. The van der Waals surface area contributed by atoms with Gasteiger partial charge in [0.1, 0.15) is 11.5 Å². The van der Waals surface area contributed by atoms with Gasteiger partial charge in [0.05, 0.1) is 59.3 Å². The van der Waals surface area contributed by atoms with E-state index in [0.29, 0.717) is 52.4 Å². The van der Waals surface area contributed by atoms with E-state index in [0.717, 1.165) is 45.9 Å². The van der Waals surface area contributed by atoms with E-state index in [-0.39, 0.29) is 30.9 Å². The van der Waals surface area contributed by atoms with Crippen LogP contribution in [0.25, 0.3) is 0 Å². The maximum Gasteiger partial charge on any atom is 0.407 e. The molecule has 0 aromatic heterocycles. The Hall–Kier alpha value is -4.12. The lowest BCUT2D eigenvalue weighted by atomic mass is 9.87. The summed E-state index contributed by atoms with van der Waals surface area (Å²) < 4.78 is 28.5. The van der Waals surface area contributed by atoms with E-state index in [1.54, 1.807) is 14.2 Å². The Morgan fingerprint density at radius 2 is 1.78 bits per heavy atom. The first-order valence-corrected chi connectivity index (χ1v) is 15.7. The minimum Gasteiger partial charge on any atom is -0.496 e. The van der Waals surface area contributed by atoms with Crippen molar-refractivity contribution in [1.29, 1.82) is 0 Å². The van der Waals surface area contributed by atoms with Crippen LogP contribution in [0, 0.1) is 6.92 Å². The lowest BCUT2D eigenvalue weighted by molar-refractivity contribution is -0.118. The third-order valence-corrected chi connectivity index (χ3v) is 8.12. The summed E-state index contributed by atoms with van der Waals surface area (Å²) in [5.41, 5.74) is 4.94. The molecule has 46 heavy (non-hydrogen) atoms. The lowest BCUT2D eigenvalue weighted by Gasteiger charge is -2.37. The zero-order valence-corrected chi connectivity index (χ0v) is 27.0. The number of piperidine rings is 1. The second-order valence-electron chi connectivity index (χ2n) is 11.4. The second kappa shape index (κ2) is 18.1. The fourth-order valence-electron chi connectivity index (χ4n) is 5.46. The van der Waals surface area contributed by atoms with Gasteiger partial charge in [-0.25, -0.2) is 4.79 Å². The van der Waals surface area contributed by atoms with Crippen molar-refractivity contribution in [2.24, 2.45) is 0 Å². The summed E-state index contributed by atoms with van der Waals surface area (Å²) in [6.45, 7) is 5.26. The Balaban J connectivity index is 1.29. The molecule has 0 bridgehead atoms. The summed E-state index contributed by atoms with van der Waals surface area (Å²) in [4.78, 5) is 25.3. The van der Waals surface area contributed by atoms with Gasteiger partial charge in [-0.2, -0.15) is 0 Å². The van der Waals surface area contributed by atoms with Gasteiger partial charge in [0.25, 0.3) is 0 Å². The number of nitrogens with zero attached hydrogens (tertiary/aromatic N) is 1. The number of likely N-dealkylation sites (tertiary alicyclic amines) is 1. The first kappa shape index (κ1) is 34.7. The van der Waals surface area contributed by atoms with Crippen LogP contribution in [0.3, 0.4) is 0 Å². The molecule has 1 aliphatic rings. The summed E-state index contributed by atoms with van der Waals surface area (Å²) in [5.74, 6) is 1.71. The molecule has 4 rings (SSSR count). The Morgan fingerprint density at radius 3 is 2.54 bits per heavy atom. The van der Waals surface area contributed by atoms with E-state index in [9.17, 15) is 14.7 Å². The Kier molecular flexibility index (Phi) is 13.7. The van der Waals surface area contributed by atoms with Crippen molar-refractivity contribution in [3.05, 3.63) is 89.0 Å². The van der Waals surface area contributed by atoms with Crippen LogP contribution in [0.2, 0.25) is 0 Å². The standard InChI is InChI=1S/C36H46N2O8/c1-26-9-10-27(21-33(26)37-22-30(39)16-20-42-2)24-46-35-23-38(36(40)41)17-15-32(35)28-11-13-31(14-12-28)45-19-6-18-44-25-29-7-4-5-8-34(29)43-3/h4-5,7-14,21,32,35,37H,6,15-20,22-25H2,1-3H3,(H,40,41). The van der Waals surface area contributed by atoms with Gasteiger partial charge < -0.3 is 39.0 Å². The zero-order valence-electron chi connectivity index (χ0n) is 27.0. The molecule has 2 N–H and O–H groups in total. The van der Waals surface area contributed by atoms with Crippen LogP contribution >= 0.6 is 0 Å². The van der Waals surface area contributed by atoms with Gasteiger partial charge in [0.15, 0.2) is 5.78 Å². The number of hydrogen-bond acceptors (Lipinski definition) is 8. The zero-order chi connectivity index (χ0) is 32.7. The average molecular weight is 635 g/mol. The molecule has 0 radical (unpaired) electrons. The summed E-state index contributed by atoms with van der Waals surface area (Å²) in [6, 6.07) is 21.8. The molecule has 1 saturated heterocycles. The van der Waals surface area contributed by atoms with Gasteiger partial charge in [-0.05, 0) is 54.3 Å². The van der Waals surface area contributed by atoms with E-state index in [1.165, 1.54) is 4.90 Å². The Morgan fingerprint density at radius 1 is 0.978 bits per heavy atom. The SMILES string of the molecule is COCCC(=O)CNc1cc(COC2CN(C(=O)O)CCC2c2ccc(OCCCOCc3ccccc3OC)cc2)ccc1C. The van der Waals surface area contributed by atoms with Gasteiger partial charge >= 0.3 is 6.09 Å². The van der Waals surface area contributed by atoms with Crippen molar-refractivity contribution in [3.8, 4) is 11.5 Å². The van der Waals surface area contributed by atoms with Crippen LogP contribution in [0.4, 0.5) is 10.5 Å². The van der Waals surface area contributed by atoms with Gasteiger partial charge in [-0.1, -0.05) is 42.5 Å². The van der Waals surface area contributed by atoms with Crippen LogP contribution in [-0.4, -0.2) is 81.7 Å². The molecule has 3 aromatic rings. The fraction of sp³-hybridized carbons (Fsp3) is 0.444. The number of aryl methyl sites for hydroxylation is 1. The van der Waals surface area contributed by atoms with Crippen LogP contribution in [0.15, 0.2) is 66.7 Å². The Labute approximate surface area is 271 Å². The maximum atomic E-state index is 12.1. The number of methoxy groups -OCH3 is 2. The molecule has 1 heterocycles. The van der Waals surface area contributed by atoms with E-state index in [4.69, 9.17) is 23.7 Å². The van der Waals surface area contributed by atoms with E-state index in [2.05, 4.69) is 5.32 Å². The van der Waals surface area contributed by atoms with Crippen molar-refractivity contribution in [3.63, 3.8) is 0 Å². The van der Waals surface area contributed by atoms with Crippen LogP contribution in [0.5, 0.6) is 11.5 Å². The summed E-state index contributed by atoms with van der Waals surface area (Å²) in [6.07, 6.45) is 0.515. The van der Waals surface area contributed by atoms with Gasteiger partial charge in [0, 0.05) is 43.7 Å². The van der Waals surface area contributed by atoms with Gasteiger partial charge in [0.2, 0.25) is 0 Å². The summed E-state index contributed by atoms with van der Waals surface area (Å²) in [5, 5.41) is 12.9. The first-order valence-electron chi connectivity index (χ1n) is 15.7. The quantitative estimate of drug-likeness (QED) is 0.161. The monoisotopic (exact) mass is 634 g/mol. The summed E-state index contributed by atoms with van der Waals surface area (Å²) in [7, 11) is 3.23. The molecule has 1 aliphatic heterocycles. The third-order valence-electron chi connectivity index (χ3n) is 8.12. The molecule has 10 heteroatoms. The lowest BCUT2D eigenvalue weighted by Crippen LogP contribution is -2.46. The normalized spacial score (nSPS) is 16.2. The average Bonchev–Trinajstić information content (AvgIpc) is 3.08. The van der Waals surface area contributed by atoms with Crippen molar-refractivity contribution in [2.75, 3.05) is 59.0 Å². The number of para-hydroxylation sites is 1. The molecule has 1 amide bonds. The van der Waals surface area contributed by atoms with Crippen molar-refractivity contribution in [1.82, 2.24) is 4.90 Å². The number of ether oxygens (including phenoxy) is 5. The highest BCUT2D eigenvalue weighted by molar-refractivity contribution is 5.83. The van der Waals surface area contributed by atoms with E-state index >= 15 is 0 Å². The molecule has 1 fully saturated rings. The minimum absolute atomic E-state index is 0.0366. The number of rotatable bonds is 18. The van der Waals surface area contributed by atoms with Crippen LogP contribution < -0.4 is 14.8 Å². The number of carboxylic acid groups (broad SMARTS) is 1. The molecular weight excluding hydrogens is 588 g/mol.